The number of rotatable bonds is 3. The SMILES string of the molecule is Brc1ccc(C(c2ccccc2)c2ccccc2)nc1. The second-order valence-electron chi connectivity index (χ2n) is 4.66. The van der Waals surface area contributed by atoms with Gasteiger partial charge in [-0.2, -0.15) is 0 Å². The fourth-order valence-corrected chi connectivity index (χ4v) is 2.62. The van der Waals surface area contributed by atoms with Crippen LogP contribution >= 0.6 is 15.9 Å². The molecule has 0 radical (unpaired) electrons. The van der Waals surface area contributed by atoms with Gasteiger partial charge in [0.1, 0.15) is 0 Å². The van der Waals surface area contributed by atoms with Crippen molar-refractivity contribution < 1.29 is 0 Å². The van der Waals surface area contributed by atoms with E-state index in [0.29, 0.717) is 0 Å². The average Bonchev–Trinajstić information content (AvgIpc) is 2.52. The molecular weight excluding hydrogens is 310 g/mol. The summed E-state index contributed by atoms with van der Waals surface area (Å²) in [7, 11) is 0. The van der Waals surface area contributed by atoms with Gasteiger partial charge in [0.15, 0.2) is 0 Å². The van der Waals surface area contributed by atoms with Gasteiger partial charge in [0, 0.05) is 10.7 Å². The van der Waals surface area contributed by atoms with Gasteiger partial charge in [-0.1, -0.05) is 60.7 Å². The summed E-state index contributed by atoms with van der Waals surface area (Å²) in [6, 6.07) is 25.1. The van der Waals surface area contributed by atoms with E-state index in [1.54, 1.807) is 0 Å². The predicted octanol–water partition coefficient (Wildman–Crippen LogP) is 5.02. The fraction of sp³-hybridized carbons (Fsp3) is 0.0556. The van der Waals surface area contributed by atoms with Crippen LogP contribution in [0, 0.1) is 0 Å². The van der Waals surface area contributed by atoms with E-state index in [4.69, 9.17) is 0 Å². The van der Waals surface area contributed by atoms with Crippen molar-refractivity contribution in [3.8, 4) is 0 Å². The molecule has 0 amide bonds. The Morgan fingerprint density at radius 2 is 1.25 bits per heavy atom. The lowest BCUT2D eigenvalue weighted by atomic mass is 9.88. The molecule has 1 heterocycles. The van der Waals surface area contributed by atoms with E-state index in [2.05, 4.69) is 75.5 Å². The van der Waals surface area contributed by atoms with E-state index in [-0.39, 0.29) is 5.92 Å². The normalized spacial score (nSPS) is 10.7. The number of hydrogen-bond acceptors (Lipinski definition) is 1. The van der Waals surface area contributed by atoms with Crippen molar-refractivity contribution in [3.63, 3.8) is 0 Å². The smallest absolute Gasteiger partial charge is 0.0523 e. The monoisotopic (exact) mass is 323 g/mol. The molecule has 0 N–H and O–H groups in total. The van der Waals surface area contributed by atoms with E-state index >= 15 is 0 Å². The zero-order chi connectivity index (χ0) is 13.8. The minimum absolute atomic E-state index is 0.172. The third kappa shape index (κ3) is 2.81. The van der Waals surface area contributed by atoms with E-state index in [9.17, 15) is 0 Å². The highest BCUT2D eigenvalue weighted by Crippen LogP contribution is 2.30. The lowest BCUT2D eigenvalue weighted by Crippen LogP contribution is -2.05. The molecule has 20 heavy (non-hydrogen) atoms. The Morgan fingerprint density at radius 1 is 0.700 bits per heavy atom. The predicted molar refractivity (Wildman–Crippen MR) is 85.8 cm³/mol. The molecule has 2 aromatic carbocycles. The quantitative estimate of drug-likeness (QED) is 0.659. The molecule has 0 aliphatic heterocycles. The molecule has 0 unspecified atom stereocenters. The Morgan fingerprint density at radius 3 is 1.70 bits per heavy atom. The Bertz CT molecular complexity index is 623. The van der Waals surface area contributed by atoms with Crippen molar-refractivity contribution in [1.82, 2.24) is 4.98 Å². The van der Waals surface area contributed by atoms with Crippen LogP contribution in [-0.4, -0.2) is 4.98 Å². The van der Waals surface area contributed by atoms with Gasteiger partial charge in [-0.05, 0) is 39.2 Å². The molecule has 0 bridgehead atoms. The van der Waals surface area contributed by atoms with Crippen LogP contribution in [0.15, 0.2) is 83.5 Å². The lowest BCUT2D eigenvalue weighted by molar-refractivity contribution is 0.917. The molecular formula is C18H14BrN. The van der Waals surface area contributed by atoms with Crippen LogP contribution in [0.25, 0.3) is 0 Å². The molecule has 0 saturated carbocycles. The Balaban J connectivity index is 2.11. The topological polar surface area (TPSA) is 12.9 Å². The summed E-state index contributed by atoms with van der Waals surface area (Å²) >= 11 is 3.44. The van der Waals surface area contributed by atoms with E-state index in [1.165, 1.54) is 11.1 Å². The molecule has 98 valence electrons. The summed E-state index contributed by atoms with van der Waals surface area (Å²) in [5, 5.41) is 0. The highest BCUT2D eigenvalue weighted by molar-refractivity contribution is 9.10. The third-order valence-corrected chi connectivity index (χ3v) is 3.78. The summed E-state index contributed by atoms with van der Waals surface area (Å²) in [6.07, 6.45) is 1.86. The van der Waals surface area contributed by atoms with Crippen molar-refractivity contribution in [3.05, 3.63) is 100 Å². The summed E-state index contributed by atoms with van der Waals surface area (Å²) in [5.74, 6) is 0.172. The van der Waals surface area contributed by atoms with Gasteiger partial charge in [0.05, 0.1) is 11.6 Å². The number of aromatic nitrogens is 1. The van der Waals surface area contributed by atoms with E-state index in [0.717, 1.165) is 10.2 Å². The highest BCUT2D eigenvalue weighted by Gasteiger charge is 2.17. The maximum atomic E-state index is 4.58. The first-order chi connectivity index (χ1) is 9.84. The van der Waals surface area contributed by atoms with Crippen molar-refractivity contribution in [2.45, 2.75) is 5.92 Å². The summed E-state index contributed by atoms with van der Waals surface area (Å²) < 4.78 is 1.00. The Hall–Kier alpha value is -1.93. The molecule has 3 aromatic rings. The molecule has 0 fully saturated rings. The maximum absolute atomic E-state index is 4.58. The molecule has 1 aromatic heterocycles. The summed E-state index contributed by atoms with van der Waals surface area (Å²) in [6.45, 7) is 0. The van der Waals surface area contributed by atoms with Crippen LogP contribution in [-0.2, 0) is 0 Å². The summed E-state index contributed by atoms with van der Waals surface area (Å²) in [4.78, 5) is 4.58. The largest absolute Gasteiger partial charge is 0.259 e. The van der Waals surface area contributed by atoms with Crippen molar-refractivity contribution in [2.75, 3.05) is 0 Å². The molecule has 2 heteroatoms. The van der Waals surface area contributed by atoms with Crippen LogP contribution in [0.5, 0.6) is 0 Å². The van der Waals surface area contributed by atoms with Gasteiger partial charge in [-0.15, -0.1) is 0 Å². The second-order valence-corrected chi connectivity index (χ2v) is 5.57. The van der Waals surface area contributed by atoms with Crippen LogP contribution in [0.4, 0.5) is 0 Å². The van der Waals surface area contributed by atoms with Gasteiger partial charge in [0.25, 0.3) is 0 Å². The third-order valence-electron chi connectivity index (χ3n) is 3.31. The first-order valence-corrected chi connectivity index (χ1v) is 7.35. The molecule has 0 atom stereocenters. The average molecular weight is 324 g/mol. The molecule has 0 aliphatic carbocycles. The molecule has 0 saturated heterocycles. The zero-order valence-electron chi connectivity index (χ0n) is 10.9. The Kier molecular flexibility index (Phi) is 3.93. The second kappa shape index (κ2) is 6.02. The number of benzene rings is 2. The van der Waals surface area contributed by atoms with Crippen LogP contribution in [0.2, 0.25) is 0 Å². The summed E-state index contributed by atoms with van der Waals surface area (Å²) in [5.41, 5.74) is 3.58. The van der Waals surface area contributed by atoms with Crippen LogP contribution in [0.3, 0.4) is 0 Å². The molecule has 0 aliphatic rings. The van der Waals surface area contributed by atoms with Gasteiger partial charge in [-0.3, -0.25) is 4.98 Å². The van der Waals surface area contributed by atoms with E-state index in [1.807, 2.05) is 24.4 Å². The van der Waals surface area contributed by atoms with Gasteiger partial charge in [-0.25, -0.2) is 0 Å². The first-order valence-electron chi connectivity index (χ1n) is 6.56. The van der Waals surface area contributed by atoms with Gasteiger partial charge in [0.2, 0.25) is 0 Å². The van der Waals surface area contributed by atoms with Gasteiger partial charge < -0.3 is 0 Å². The van der Waals surface area contributed by atoms with E-state index < -0.39 is 0 Å². The molecule has 0 spiro atoms. The molecule has 3 rings (SSSR count). The van der Waals surface area contributed by atoms with Crippen LogP contribution < -0.4 is 0 Å². The minimum atomic E-state index is 0.172. The zero-order valence-corrected chi connectivity index (χ0v) is 12.5. The van der Waals surface area contributed by atoms with Crippen molar-refractivity contribution >= 4 is 15.9 Å². The van der Waals surface area contributed by atoms with Crippen molar-refractivity contribution in [1.29, 1.82) is 0 Å². The number of hydrogen-bond donors (Lipinski definition) is 0. The minimum Gasteiger partial charge on any atom is -0.259 e. The number of halogens is 1. The van der Waals surface area contributed by atoms with Crippen LogP contribution in [0.1, 0.15) is 22.7 Å². The number of nitrogens with zero attached hydrogens (tertiary/aromatic N) is 1. The first kappa shape index (κ1) is 13.1. The maximum Gasteiger partial charge on any atom is 0.0523 e. The lowest BCUT2D eigenvalue weighted by Gasteiger charge is -2.17. The fourth-order valence-electron chi connectivity index (χ4n) is 2.38. The Labute approximate surface area is 127 Å². The standard InChI is InChI=1S/C18H14BrN/c19-16-11-12-17(20-13-16)18(14-7-3-1-4-8-14)15-9-5-2-6-10-15/h1-13,18H. The van der Waals surface area contributed by atoms with Crippen molar-refractivity contribution in [2.24, 2.45) is 0 Å². The molecule has 1 nitrogen and oxygen atoms in total. The van der Waals surface area contributed by atoms with Gasteiger partial charge >= 0.3 is 0 Å². The highest BCUT2D eigenvalue weighted by atomic mass is 79.9. The number of pyridine rings is 1.